The lowest BCUT2D eigenvalue weighted by atomic mass is 9.90. The van der Waals surface area contributed by atoms with E-state index >= 15 is 0 Å². The SMILES string of the molecule is Cc1ccc(N(c2ccc(C)nc2C)c2ccc3ccc4c(C=C5C(=O)c6ccccc6C5=O)ccc5ccc2c3c54)c(C)n1. The van der Waals surface area contributed by atoms with Crippen molar-refractivity contribution in [2.24, 2.45) is 0 Å². The largest absolute Gasteiger partial charge is 0.306 e. The molecule has 0 saturated carbocycles. The third kappa shape index (κ3) is 4.08. The van der Waals surface area contributed by atoms with Crippen molar-refractivity contribution in [1.82, 2.24) is 9.97 Å². The van der Waals surface area contributed by atoms with Crippen LogP contribution in [-0.4, -0.2) is 21.5 Å². The Bertz CT molecular complexity index is 2330. The first kappa shape index (κ1) is 26.9. The maximum absolute atomic E-state index is 13.3. The first-order valence-corrected chi connectivity index (χ1v) is 15.1. The highest BCUT2D eigenvalue weighted by molar-refractivity contribution is 6.41. The molecule has 0 radical (unpaired) electrons. The smallest absolute Gasteiger partial charge is 0.197 e. The second-order valence-corrected chi connectivity index (χ2v) is 11.9. The molecule has 5 nitrogen and oxygen atoms in total. The maximum Gasteiger partial charge on any atom is 0.197 e. The van der Waals surface area contributed by atoms with E-state index in [0.717, 1.165) is 77.7 Å². The lowest BCUT2D eigenvalue weighted by Gasteiger charge is -2.29. The van der Waals surface area contributed by atoms with Crippen LogP contribution in [0.5, 0.6) is 0 Å². The molecular weight excluding hydrogens is 554 g/mol. The molecule has 8 rings (SSSR count). The predicted octanol–water partition coefficient (Wildman–Crippen LogP) is 9.54. The van der Waals surface area contributed by atoms with Gasteiger partial charge in [-0.2, -0.15) is 0 Å². The first-order valence-electron chi connectivity index (χ1n) is 15.1. The van der Waals surface area contributed by atoms with Crippen LogP contribution in [0.2, 0.25) is 0 Å². The van der Waals surface area contributed by atoms with Crippen LogP contribution in [0.1, 0.15) is 49.1 Å². The molecule has 0 aliphatic heterocycles. The fourth-order valence-electron chi connectivity index (χ4n) is 6.91. The molecule has 45 heavy (non-hydrogen) atoms. The summed E-state index contributed by atoms with van der Waals surface area (Å²) in [5, 5.41) is 6.55. The van der Waals surface area contributed by atoms with Crippen LogP contribution < -0.4 is 4.90 Å². The van der Waals surface area contributed by atoms with Crippen LogP contribution in [0, 0.1) is 27.7 Å². The van der Waals surface area contributed by atoms with Crippen LogP contribution in [0.15, 0.2) is 103 Å². The number of nitrogens with zero attached hydrogens (tertiary/aromatic N) is 3. The molecular formula is C40H29N3O2. The van der Waals surface area contributed by atoms with E-state index in [1.54, 1.807) is 30.3 Å². The highest BCUT2D eigenvalue weighted by atomic mass is 16.2. The number of carbonyl (C=O) groups is 2. The van der Waals surface area contributed by atoms with Gasteiger partial charge in [0.2, 0.25) is 0 Å². The molecule has 0 spiro atoms. The van der Waals surface area contributed by atoms with Crippen molar-refractivity contribution < 1.29 is 9.59 Å². The molecule has 0 fully saturated rings. The number of benzene rings is 5. The number of anilines is 3. The average Bonchev–Trinajstić information content (AvgIpc) is 3.27. The summed E-state index contributed by atoms with van der Waals surface area (Å²) in [6.45, 7) is 8.11. The summed E-state index contributed by atoms with van der Waals surface area (Å²) in [6.07, 6.45) is 1.77. The molecule has 5 heteroatoms. The molecule has 0 N–H and O–H groups in total. The molecule has 1 aliphatic rings. The van der Waals surface area contributed by atoms with Crippen molar-refractivity contribution >= 4 is 67.0 Å². The third-order valence-corrected chi connectivity index (χ3v) is 9.00. The Morgan fingerprint density at radius 2 is 1.02 bits per heavy atom. The molecule has 1 aliphatic carbocycles. The Kier molecular flexibility index (Phi) is 5.94. The fraction of sp³-hybridized carbons (Fsp3) is 0.100. The van der Waals surface area contributed by atoms with E-state index in [0.29, 0.717) is 11.1 Å². The zero-order valence-electron chi connectivity index (χ0n) is 25.5. The van der Waals surface area contributed by atoms with E-state index < -0.39 is 0 Å². The number of ketones is 2. The van der Waals surface area contributed by atoms with Gasteiger partial charge in [-0.15, -0.1) is 0 Å². The van der Waals surface area contributed by atoms with E-state index in [9.17, 15) is 9.59 Å². The van der Waals surface area contributed by atoms with E-state index in [2.05, 4.69) is 59.5 Å². The number of Topliss-reactive ketones (excluding diaryl/α,β-unsaturated/α-hetero) is 2. The van der Waals surface area contributed by atoms with Crippen LogP contribution in [0.3, 0.4) is 0 Å². The summed E-state index contributed by atoms with van der Waals surface area (Å²) in [4.78, 5) is 38.4. The van der Waals surface area contributed by atoms with E-state index in [4.69, 9.17) is 9.97 Å². The van der Waals surface area contributed by atoms with Gasteiger partial charge in [0.1, 0.15) is 0 Å². The lowest BCUT2D eigenvalue weighted by Crippen LogP contribution is -2.15. The number of pyridine rings is 2. The minimum atomic E-state index is -0.219. The van der Waals surface area contributed by atoms with E-state index in [1.807, 2.05) is 45.9 Å². The highest BCUT2D eigenvalue weighted by Crippen LogP contribution is 2.45. The normalized spacial score (nSPS) is 12.9. The summed E-state index contributed by atoms with van der Waals surface area (Å²) in [7, 11) is 0. The third-order valence-electron chi connectivity index (χ3n) is 9.00. The minimum Gasteiger partial charge on any atom is -0.306 e. The summed E-state index contributed by atoms with van der Waals surface area (Å²) < 4.78 is 0. The van der Waals surface area contributed by atoms with Gasteiger partial charge in [-0.1, -0.05) is 66.7 Å². The minimum absolute atomic E-state index is 0.211. The zero-order chi connectivity index (χ0) is 31.0. The standard InChI is InChI=1S/C40H29N3O2/c1-22-9-18-34(24(3)41-22)43(35-19-10-23(2)42-25(35)4)36-20-15-27-13-16-29-28(12-11-26-14-17-32(36)38(27)37(26)29)21-33-39(44)30-7-5-6-8-31(30)40(33)45/h5-21H,1-4H3. The quantitative estimate of drug-likeness (QED) is 0.117. The number of aromatic nitrogens is 2. The van der Waals surface area contributed by atoms with Gasteiger partial charge in [0.25, 0.3) is 0 Å². The Labute approximate surface area is 260 Å². The van der Waals surface area contributed by atoms with Gasteiger partial charge in [-0.25, -0.2) is 0 Å². The van der Waals surface area contributed by atoms with Gasteiger partial charge in [-0.3, -0.25) is 19.6 Å². The summed E-state index contributed by atoms with van der Waals surface area (Å²) >= 11 is 0. The monoisotopic (exact) mass is 583 g/mol. The molecule has 0 bridgehead atoms. The topological polar surface area (TPSA) is 63.2 Å². The Balaban J connectivity index is 1.39. The number of rotatable bonds is 4. The van der Waals surface area contributed by atoms with Crippen LogP contribution in [0.4, 0.5) is 17.1 Å². The molecule has 216 valence electrons. The van der Waals surface area contributed by atoms with Gasteiger partial charge in [0.15, 0.2) is 11.6 Å². The molecule has 2 heterocycles. The molecule has 0 atom stereocenters. The van der Waals surface area contributed by atoms with Crippen molar-refractivity contribution in [1.29, 1.82) is 0 Å². The predicted molar refractivity (Wildman–Crippen MR) is 182 cm³/mol. The molecule has 0 saturated heterocycles. The second kappa shape index (κ2) is 9.93. The number of carbonyl (C=O) groups excluding carboxylic acids is 2. The van der Waals surface area contributed by atoms with E-state index in [1.165, 1.54) is 0 Å². The van der Waals surface area contributed by atoms with E-state index in [-0.39, 0.29) is 17.1 Å². The van der Waals surface area contributed by atoms with Crippen molar-refractivity contribution in [3.63, 3.8) is 0 Å². The van der Waals surface area contributed by atoms with Crippen molar-refractivity contribution in [2.45, 2.75) is 27.7 Å². The van der Waals surface area contributed by atoms with Crippen molar-refractivity contribution in [3.8, 4) is 0 Å². The summed E-state index contributed by atoms with van der Waals surface area (Å²) in [5.41, 5.74) is 8.81. The van der Waals surface area contributed by atoms with Gasteiger partial charge in [0.05, 0.1) is 34.0 Å². The number of fused-ring (bicyclic) bond motifs is 1. The van der Waals surface area contributed by atoms with Crippen LogP contribution in [0.25, 0.3) is 38.4 Å². The first-order chi connectivity index (χ1) is 21.8. The lowest BCUT2D eigenvalue weighted by molar-refractivity contribution is 0.0990. The number of allylic oxidation sites excluding steroid dienone is 1. The maximum atomic E-state index is 13.3. The molecule has 7 aromatic rings. The number of aryl methyl sites for hydroxylation is 4. The van der Waals surface area contributed by atoms with Crippen molar-refractivity contribution in [3.05, 3.63) is 142 Å². The highest BCUT2D eigenvalue weighted by Gasteiger charge is 2.32. The van der Waals surface area contributed by atoms with Gasteiger partial charge in [-0.05, 0) is 96.6 Å². The summed E-state index contributed by atoms with van der Waals surface area (Å²) in [5.74, 6) is -0.438. The number of hydrogen-bond donors (Lipinski definition) is 0. The zero-order valence-corrected chi connectivity index (χ0v) is 25.5. The Morgan fingerprint density at radius 1 is 0.533 bits per heavy atom. The average molecular weight is 584 g/mol. The van der Waals surface area contributed by atoms with Crippen LogP contribution >= 0.6 is 0 Å². The molecule has 2 aromatic heterocycles. The summed E-state index contributed by atoms with van der Waals surface area (Å²) in [6, 6.07) is 32.4. The second-order valence-electron chi connectivity index (χ2n) is 11.9. The Hall–Kier alpha value is -5.68. The number of hydrogen-bond acceptors (Lipinski definition) is 5. The Morgan fingerprint density at radius 3 is 1.60 bits per heavy atom. The van der Waals surface area contributed by atoms with Gasteiger partial charge in [0, 0.05) is 27.9 Å². The van der Waals surface area contributed by atoms with Gasteiger partial charge < -0.3 is 4.90 Å². The fourth-order valence-corrected chi connectivity index (χ4v) is 6.91. The van der Waals surface area contributed by atoms with Gasteiger partial charge >= 0.3 is 0 Å². The molecule has 0 amide bonds. The molecule has 0 unspecified atom stereocenters. The molecule has 5 aromatic carbocycles. The van der Waals surface area contributed by atoms with Crippen LogP contribution in [-0.2, 0) is 0 Å². The van der Waals surface area contributed by atoms with Crippen molar-refractivity contribution in [2.75, 3.05) is 4.90 Å².